The first kappa shape index (κ1) is 20.6. The summed E-state index contributed by atoms with van der Waals surface area (Å²) in [5.74, 6) is -2.25. The fraction of sp³-hybridized carbons (Fsp3) is 0.842. The molecule has 0 saturated heterocycles. The van der Waals surface area contributed by atoms with Crippen LogP contribution in [0.2, 0.25) is 38.4 Å². The zero-order chi connectivity index (χ0) is 20.5. The molecule has 0 amide bonds. The number of hydrogen-bond donors (Lipinski definition) is 2. The third-order valence-corrected chi connectivity index (χ3v) is 15.1. The molecule has 0 radical (unpaired) electrons. The molecule has 0 aromatic rings. The average molecular weight is 413 g/mol. The highest BCUT2D eigenvalue weighted by molar-refractivity contribution is 6.92. The number of aliphatic carboxylic acids is 2. The van der Waals surface area contributed by atoms with Gasteiger partial charge in [0.25, 0.3) is 5.97 Å². The summed E-state index contributed by atoms with van der Waals surface area (Å²) in [6.07, 6.45) is 2.16. The molecule has 2 atom stereocenters. The quantitative estimate of drug-likeness (QED) is 0.645. The van der Waals surface area contributed by atoms with Crippen molar-refractivity contribution in [2.75, 3.05) is 0 Å². The van der Waals surface area contributed by atoms with Crippen LogP contribution in [0.4, 0.5) is 0 Å². The highest BCUT2D eigenvalue weighted by Gasteiger charge is 2.71. The van der Waals surface area contributed by atoms with E-state index < -0.39 is 44.6 Å². The molecule has 4 aliphatic carbocycles. The molecule has 8 heteroatoms. The van der Waals surface area contributed by atoms with Gasteiger partial charge in [-0.1, -0.05) is 19.6 Å². The summed E-state index contributed by atoms with van der Waals surface area (Å²) in [4.78, 5) is 37.6. The molecule has 4 aliphatic rings. The van der Waals surface area contributed by atoms with Crippen molar-refractivity contribution >= 4 is 34.3 Å². The van der Waals surface area contributed by atoms with E-state index in [4.69, 9.17) is 4.43 Å². The maximum absolute atomic E-state index is 13.4. The molecule has 0 spiro atoms. The van der Waals surface area contributed by atoms with Gasteiger partial charge in [0.15, 0.2) is 0 Å². The van der Waals surface area contributed by atoms with E-state index in [1.54, 1.807) is 0 Å². The second-order valence-corrected chi connectivity index (χ2v) is 21.6. The minimum absolute atomic E-state index is 0.0252. The molecular weight excluding hydrogens is 380 g/mol. The molecule has 0 aromatic carbocycles. The third-order valence-electron chi connectivity index (χ3n) is 6.73. The van der Waals surface area contributed by atoms with Crippen molar-refractivity contribution in [3.63, 3.8) is 0 Å². The van der Waals surface area contributed by atoms with Gasteiger partial charge in [-0.15, -0.1) is 0 Å². The molecule has 27 heavy (non-hydrogen) atoms. The second-order valence-electron chi connectivity index (χ2n) is 11.3. The van der Waals surface area contributed by atoms with Crippen molar-refractivity contribution in [3.8, 4) is 0 Å². The summed E-state index contributed by atoms with van der Waals surface area (Å²) >= 11 is 0. The molecule has 0 heterocycles. The fourth-order valence-corrected chi connectivity index (χ4v) is 18.0. The molecule has 2 N–H and O–H groups in total. The zero-order valence-corrected chi connectivity index (χ0v) is 19.1. The van der Waals surface area contributed by atoms with E-state index in [1.807, 2.05) is 13.1 Å². The number of hydrogen-bond acceptors (Lipinski definition) is 4. The van der Waals surface area contributed by atoms with Gasteiger partial charge in [0.2, 0.25) is 8.32 Å². The fourth-order valence-electron chi connectivity index (χ4n) is 6.82. The lowest BCUT2D eigenvalue weighted by atomic mass is 9.39. The Morgan fingerprint density at radius 3 is 1.67 bits per heavy atom. The van der Waals surface area contributed by atoms with E-state index >= 15 is 0 Å². The predicted molar refractivity (Wildman–Crippen MR) is 105 cm³/mol. The highest BCUT2D eigenvalue weighted by Crippen LogP contribution is 2.70. The van der Waals surface area contributed by atoms with Gasteiger partial charge < -0.3 is 14.6 Å². The minimum atomic E-state index is -2.24. The van der Waals surface area contributed by atoms with Gasteiger partial charge in [0.1, 0.15) is 0 Å². The Morgan fingerprint density at radius 2 is 1.26 bits per heavy atom. The minimum Gasteiger partial charge on any atom is -0.519 e. The van der Waals surface area contributed by atoms with Crippen molar-refractivity contribution in [2.24, 2.45) is 22.2 Å². The standard InChI is InChI=1S/C19H32O6Si2/c1-26(2,3)12-27(4,5)25-16(24)19-8-13-6-17(10-19,14(20)21)9-18(7-13,11-19)15(22)23/h13H,6-12H2,1-5H3,(H,20,21)(H,22,23). The molecule has 0 aromatic heterocycles. The van der Waals surface area contributed by atoms with Crippen LogP contribution in [0.1, 0.15) is 38.5 Å². The first-order valence-corrected chi connectivity index (χ1v) is 16.7. The van der Waals surface area contributed by atoms with Crippen LogP contribution in [-0.4, -0.2) is 44.5 Å². The topological polar surface area (TPSA) is 101 Å². The summed E-state index contributed by atoms with van der Waals surface area (Å²) in [5, 5.41) is 19.9. The number of carboxylic acids is 2. The lowest BCUT2D eigenvalue weighted by molar-refractivity contribution is -0.207. The first-order chi connectivity index (χ1) is 12.1. The zero-order valence-electron chi connectivity index (χ0n) is 17.1. The van der Waals surface area contributed by atoms with Gasteiger partial charge in [-0.2, -0.15) is 0 Å². The molecule has 4 rings (SSSR count). The molecule has 4 bridgehead atoms. The van der Waals surface area contributed by atoms with Gasteiger partial charge in [-0.25, -0.2) is 0 Å². The Morgan fingerprint density at radius 1 is 0.852 bits per heavy atom. The van der Waals surface area contributed by atoms with E-state index in [1.165, 1.54) is 0 Å². The maximum Gasteiger partial charge on any atom is 0.309 e. The van der Waals surface area contributed by atoms with Gasteiger partial charge in [0, 0.05) is 8.07 Å². The third kappa shape index (κ3) is 3.50. The van der Waals surface area contributed by atoms with E-state index in [9.17, 15) is 24.6 Å². The van der Waals surface area contributed by atoms with Gasteiger partial charge in [0.05, 0.1) is 16.2 Å². The van der Waals surface area contributed by atoms with E-state index in [-0.39, 0.29) is 31.1 Å². The van der Waals surface area contributed by atoms with Gasteiger partial charge in [-0.3, -0.25) is 14.4 Å². The number of rotatable bonds is 6. The van der Waals surface area contributed by atoms with Crippen LogP contribution in [0.25, 0.3) is 0 Å². The highest BCUT2D eigenvalue weighted by atomic mass is 28.4. The van der Waals surface area contributed by atoms with Crippen molar-refractivity contribution in [3.05, 3.63) is 0 Å². The number of carbonyl (C=O) groups is 3. The smallest absolute Gasteiger partial charge is 0.309 e. The lowest BCUT2D eigenvalue weighted by Crippen LogP contribution is -2.64. The maximum atomic E-state index is 13.4. The van der Waals surface area contributed by atoms with Crippen LogP contribution in [0.15, 0.2) is 0 Å². The van der Waals surface area contributed by atoms with Crippen molar-refractivity contribution in [1.29, 1.82) is 0 Å². The predicted octanol–water partition coefficient (Wildman–Crippen LogP) is 3.74. The SMILES string of the molecule is C[Si](C)(C)C[Si](C)(C)OC(=O)C12CC3CC(C(=O)O)(CC(C(=O)O)(C3)C1)C2. The van der Waals surface area contributed by atoms with Crippen LogP contribution in [0.3, 0.4) is 0 Å². The summed E-state index contributed by atoms with van der Waals surface area (Å²) < 4.78 is 6.10. The number of carbonyl (C=O) groups excluding carboxylic acids is 1. The Hall–Kier alpha value is -1.16. The van der Waals surface area contributed by atoms with Crippen LogP contribution in [0, 0.1) is 22.2 Å². The average Bonchev–Trinajstić information content (AvgIpc) is 2.42. The van der Waals surface area contributed by atoms with E-state index in [0.717, 1.165) is 5.67 Å². The Bertz CT molecular complexity index is 665. The lowest BCUT2D eigenvalue weighted by Gasteiger charge is -2.62. The van der Waals surface area contributed by atoms with Gasteiger partial charge >= 0.3 is 11.9 Å². The molecule has 0 aliphatic heterocycles. The van der Waals surface area contributed by atoms with Crippen LogP contribution < -0.4 is 0 Å². The second kappa shape index (κ2) is 5.92. The molecule has 152 valence electrons. The summed E-state index contributed by atoms with van der Waals surface area (Å²) in [6, 6.07) is 0. The molecule has 2 unspecified atom stereocenters. The Kier molecular flexibility index (Phi) is 4.51. The van der Waals surface area contributed by atoms with Crippen LogP contribution >= 0.6 is 0 Å². The van der Waals surface area contributed by atoms with Crippen molar-refractivity contribution in [2.45, 2.75) is 76.9 Å². The molecule has 4 saturated carbocycles. The van der Waals surface area contributed by atoms with Gasteiger partial charge in [-0.05, 0) is 63.2 Å². The Balaban J connectivity index is 1.94. The van der Waals surface area contributed by atoms with Crippen molar-refractivity contribution in [1.82, 2.24) is 0 Å². The number of carboxylic acid groups (broad SMARTS) is 2. The summed E-state index contributed by atoms with van der Waals surface area (Å²) in [6.45, 7) is 10.8. The monoisotopic (exact) mass is 412 g/mol. The normalized spacial score (nSPS) is 37.9. The Labute approximate surface area is 162 Å². The van der Waals surface area contributed by atoms with E-state index in [2.05, 4.69) is 19.6 Å². The summed E-state index contributed by atoms with van der Waals surface area (Å²) in [7, 11) is -3.66. The first-order valence-electron chi connectivity index (χ1n) is 9.83. The van der Waals surface area contributed by atoms with Crippen LogP contribution in [-0.2, 0) is 18.8 Å². The van der Waals surface area contributed by atoms with Crippen molar-refractivity contribution < 1.29 is 29.0 Å². The molecule has 6 nitrogen and oxygen atoms in total. The van der Waals surface area contributed by atoms with Crippen LogP contribution in [0.5, 0.6) is 0 Å². The molecular formula is C19H32O6Si2. The summed E-state index contributed by atoms with van der Waals surface area (Å²) in [5.41, 5.74) is -2.19. The molecule has 4 fully saturated rings. The van der Waals surface area contributed by atoms with E-state index in [0.29, 0.717) is 19.3 Å². The largest absolute Gasteiger partial charge is 0.519 e.